The molecule has 0 saturated carbocycles. The van der Waals surface area contributed by atoms with Gasteiger partial charge in [-0.15, -0.1) is 11.3 Å². The standard InChI is InChI=1S/C24H27N3O3S2/c1-24(2,3)19-10-6-18(7-11-19)22(28)26-23-25-21(16-31-23)17-8-12-20(13-9-17)32(29,30)27-14-4-5-15-27/h6-13,16H,4-5,14-15H2,1-3H3,(H,25,26,28). The van der Waals surface area contributed by atoms with Gasteiger partial charge in [0.15, 0.2) is 5.13 Å². The highest BCUT2D eigenvalue weighted by Gasteiger charge is 2.27. The maximum absolute atomic E-state index is 12.7. The van der Waals surface area contributed by atoms with Crippen molar-refractivity contribution in [2.75, 3.05) is 18.4 Å². The smallest absolute Gasteiger partial charge is 0.257 e. The van der Waals surface area contributed by atoms with Crippen molar-refractivity contribution in [1.29, 1.82) is 0 Å². The molecule has 0 spiro atoms. The van der Waals surface area contributed by atoms with Crippen LogP contribution in [0.3, 0.4) is 0 Å². The molecule has 0 bridgehead atoms. The Balaban J connectivity index is 1.45. The van der Waals surface area contributed by atoms with Gasteiger partial charge in [0.25, 0.3) is 5.91 Å². The molecular formula is C24H27N3O3S2. The van der Waals surface area contributed by atoms with Crippen LogP contribution in [0.5, 0.6) is 0 Å². The van der Waals surface area contributed by atoms with Crippen LogP contribution in [-0.4, -0.2) is 36.7 Å². The van der Waals surface area contributed by atoms with Crippen molar-refractivity contribution < 1.29 is 13.2 Å². The van der Waals surface area contributed by atoms with Crippen LogP contribution in [0.1, 0.15) is 49.5 Å². The van der Waals surface area contributed by atoms with Crippen LogP contribution in [0.2, 0.25) is 0 Å². The Labute approximate surface area is 193 Å². The summed E-state index contributed by atoms with van der Waals surface area (Å²) < 4.78 is 26.9. The summed E-state index contributed by atoms with van der Waals surface area (Å²) in [5.74, 6) is -0.210. The van der Waals surface area contributed by atoms with Crippen molar-refractivity contribution in [3.63, 3.8) is 0 Å². The van der Waals surface area contributed by atoms with Crippen LogP contribution in [0.15, 0.2) is 58.8 Å². The lowest BCUT2D eigenvalue weighted by Gasteiger charge is -2.18. The molecule has 4 rings (SSSR count). The van der Waals surface area contributed by atoms with Crippen molar-refractivity contribution in [2.24, 2.45) is 0 Å². The Morgan fingerprint density at radius 1 is 1.00 bits per heavy atom. The van der Waals surface area contributed by atoms with Gasteiger partial charge in [-0.05, 0) is 48.1 Å². The molecule has 32 heavy (non-hydrogen) atoms. The number of carbonyl (C=O) groups excluding carboxylic acids is 1. The Morgan fingerprint density at radius 3 is 2.22 bits per heavy atom. The number of carbonyl (C=O) groups is 1. The number of hydrogen-bond donors (Lipinski definition) is 1. The third-order valence-electron chi connectivity index (χ3n) is 5.59. The largest absolute Gasteiger partial charge is 0.298 e. The van der Waals surface area contributed by atoms with Gasteiger partial charge in [0, 0.05) is 29.6 Å². The van der Waals surface area contributed by atoms with E-state index in [9.17, 15) is 13.2 Å². The predicted molar refractivity (Wildman–Crippen MR) is 129 cm³/mol. The van der Waals surface area contributed by atoms with Crippen LogP contribution in [0, 0.1) is 0 Å². The number of nitrogens with one attached hydrogen (secondary N) is 1. The summed E-state index contributed by atoms with van der Waals surface area (Å²) >= 11 is 1.34. The second-order valence-corrected chi connectivity index (χ2v) is 11.8. The number of benzene rings is 2. The van der Waals surface area contributed by atoms with E-state index in [1.165, 1.54) is 21.2 Å². The first-order valence-electron chi connectivity index (χ1n) is 10.6. The summed E-state index contributed by atoms with van der Waals surface area (Å²) in [6.07, 6.45) is 1.82. The van der Waals surface area contributed by atoms with Crippen molar-refractivity contribution in [2.45, 2.75) is 43.9 Å². The minimum absolute atomic E-state index is 0.0303. The number of amides is 1. The highest BCUT2D eigenvalue weighted by molar-refractivity contribution is 7.89. The quantitative estimate of drug-likeness (QED) is 0.561. The molecule has 168 valence electrons. The van der Waals surface area contributed by atoms with Gasteiger partial charge in [0.1, 0.15) is 0 Å². The van der Waals surface area contributed by atoms with Gasteiger partial charge in [-0.2, -0.15) is 4.31 Å². The highest BCUT2D eigenvalue weighted by atomic mass is 32.2. The number of anilines is 1. The van der Waals surface area contributed by atoms with Crippen LogP contribution in [0.25, 0.3) is 11.3 Å². The summed E-state index contributed by atoms with van der Waals surface area (Å²) in [5, 5.41) is 5.19. The zero-order valence-electron chi connectivity index (χ0n) is 18.5. The summed E-state index contributed by atoms with van der Waals surface area (Å²) in [4.78, 5) is 17.4. The maximum atomic E-state index is 12.7. The predicted octanol–water partition coefficient (Wildman–Crippen LogP) is 5.14. The van der Waals surface area contributed by atoms with E-state index in [4.69, 9.17) is 0 Å². The second kappa shape index (κ2) is 8.77. The lowest BCUT2D eigenvalue weighted by molar-refractivity contribution is 0.102. The molecular weight excluding hydrogens is 442 g/mol. The molecule has 1 aliphatic heterocycles. The summed E-state index contributed by atoms with van der Waals surface area (Å²) in [5.41, 5.74) is 3.27. The third kappa shape index (κ3) is 4.77. The monoisotopic (exact) mass is 469 g/mol. The fraction of sp³-hybridized carbons (Fsp3) is 0.333. The Bertz CT molecular complexity index is 1200. The van der Waals surface area contributed by atoms with Crippen LogP contribution < -0.4 is 5.32 Å². The first-order valence-corrected chi connectivity index (χ1v) is 12.9. The molecule has 1 aliphatic rings. The van der Waals surface area contributed by atoms with Crippen LogP contribution in [0.4, 0.5) is 5.13 Å². The van der Waals surface area contributed by atoms with Gasteiger partial charge < -0.3 is 0 Å². The fourth-order valence-corrected chi connectivity index (χ4v) is 5.86. The Hall–Kier alpha value is -2.55. The third-order valence-corrected chi connectivity index (χ3v) is 8.26. The minimum atomic E-state index is -3.43. The molecule has 2 heterocycles. The zero-order valence-corrected chi connectivity index (χ0v) is 20.1. The normalized spacial score (nSPS) is 15.1. The summed E-state index contributed by atoms with van der Waals surface area (Å²) in [6, 6.07) is 14.4. The molecule has 1 amide bonds. The Morgan fingerprint density at radius 2 is 1.62 bits per heavy atom. The number of thiazole rings is 1. The van der Waals surface area contributed by atoms with Crippen LogP contribution in [-0.2, 0) is 15.4 Å². The SMILES string of the molecule is CC(C)(C)c1ccc(C(=O)Nc2nc(-c3ccc(S(=O)(=O)N4CCCC4)cc3)cs2)cc1. The average Bonchev–Trinajstić information content (AvgIpc) is 3.46. The highest BCUT2D eigenvalue weighted by Crippen LogP contribution is 2.28. The molecule has 1 N–H and O–H groups in total. The first kappa shape index (κ1) is 22.6. The zero-order chi connectivity index (χ0) is 22.9. The minimum Gasteiger partial charge on any atom is -0.298 e. The summed E-state index contributed by atoms with van der Waals surface area (Å²) in [6.45, 7) is 7.56. The van der Waals surface area contributed by atoms with E-state index >= 15 is 0 Å². The molecule has 2 aromatic carbocycles. The molecule has 6 nitrogen and oxygen atoms in total. The lowest BCUT2D eigenvalue weighted by Crippen LogP contribution is -2.27. The number of sulfonamides is 1. The fourth-order valence-electron chi connectivity index (χ4n) is 3.63. The van der Waals surface area contributed by atoms with Gasteiger partial charge >= 0.3 is 0 Å². The first-order chi connectivity index (χ1) is 15.1. The molecule has 0 unspecified atom stereocenters. The van der Waals surface area contributed by atoms with Gasteiger partial charge in [-0.1, -0.05) is 45.0 Å². The van der Waals surface area contributed by atoms with E-state index in [1.54, 1.807) is 24.3 Å². The van der Waals surface area contributed by atoms with Crippen molar-refractivity contribution >= 4 is 32.4 Å². The molecule has 1 fully saturated rings. The number of rotatable bonds is 5. The number of aromatic nitrogens is 1. The van der Waals surface area contributed by atoms with Crippen molar-refractivity contribution in [3.05, 3.63) is 65.0 Å². The lowest BCUT2D eigenvalue weighted by atomic mass is 9.87. The van der Waals surface area contributed by atoms with E-state index in [-0.39, 0.29) is 11.3 Å². The van der Waals surface area contributed by atoms with E-state index in [0.717, 1.165) is 18.4 Å². The molecule has 8 heteroatoms. The van der Waals surface area contributed by atoms with Crippen LogP contribution >= 0.6 is 11.3 Å². The van der Waals surface area contributed by atoms with E-state index < -0.39 is 10.0 Å². The van der Waals surface area contributed by atoms with Gasteiger partial charge in [0.2, 0.25) is 10.0 Å². The Kier molecular flexibility index (Phi) is 6.20. The van der Waals surface area contributed by atoms with Gasteiger partial charge in [-0.25, -0.2) is 13.4 Å². The molecule has 1 aromatic heterocycles. The molecule has 3 aromatic rings. The van der Waals surface area contributed by atoms with Gasteiger partial charge in [0.05, 0.1) is 10.6 Å². The molecule has 0 aliphatic carbocycles. The van der Waals surface area contributed by atoms with Crippen molar-refractivity contribution in [3.8, 4) is 11.3 Å². The average molecular weight is 470 g/mol. The van der Waals surface area contributed by atoms with E-state index in [2.05, 4.69) is 31.1 Å². The second-order valence-electron chi connectivity index (χ2n) is 8.95. The maximum Gasteiger partial charge on any atom is 0.257 e. The van der Waals surface area contributed by atoms with Gasteiger partial charge in [-0.3, -0.25) is 10.1 Å². The summed E-state index contributed by atoms with van der Waals surface area (Å²) in [7, 11) is -3.43. The molecule has 0 atom stereocenters. The topological polar surface area (TPSA) is 79.4 Å². The molecule has 0 radical (unpaired) electrons. The number of hydrogen-bond acceptors (Lipinski definition) is 5. The number of nitrogens with zero attached hydrogens (tertiary/aromatic N) is 2. The van der Waals surface area contributed by atoms with E-state index in [1.807, 2.05) is 29.6 Å². The van der Waals surface area contributed by atoms with Crippen molar-refractivity contribution in [1.82, 2.24) is 9.29 Å². The van der Waals surface area contributed by atoms with E-state index in [0.29, 0.717) is 34.4 Å². The molecule has 1 saturated heterocycles.